The van der Waals surface area contributed by atoms with Crippen molar-refractivity contribution in [1.82, 2.24) is 0 Å². The topological polar surface area (TPSA) is 12.0 Å². The number of nitrogens with one attached hydrogen (secondary N) is 1. The molecule has 7 rings (SSSR count). The third kappa shape index (κ3) is 3.29. The van der Waals surface area contributed by atoms with Crippen LogP contribution < -0.4 is 5.32 Å². The van der Waals surface area contributed by atoms with E-state index in [2.05, 4.69) is 115 Å². The molecule has 33 heavy (non-hydrogen) atoms. The zero-order chi connectivity index (χ0) is 21.8. The molecule has 0 bridgehead atoms. The van der Waals surface area contributed by atoms with Crippen molar-refractivity contribution >= 4 is 75.1 Å². The largest absolute Gasteiger partial charge is 0.355 e. The third-order valence-electron chi connectivity index (χ3n) is 6.22. The Morgan fingerprint density at radius 2 is 1.15 bits per heavy atom. The number of hydrogen-bond acceptors (Lipinski definition) is 3. The summed E-state index contributed by atoms with van der Waals surface area (Å²) in [5.41, 5.74) is 3.48. The minimum atomic E-state index is 1.10. The summed E-state index contributed by atoms with van der Waals surface area (Å²) in [6.45, 7) is 0. The van der Waals surface area contributed by atoms with Gasteiger partial charge in [0.2, 0.25) is 0 Å². The molecule has 0 aliphatic heterocycles. The Morgan fingerprint density at radius 1 is 0.455 bits per heavy atom. The number of thiophene rings is 2. The highest BCUT2D eigenvalue weighted by atomic mass is 32.1. The average Bonchev–Trinajstić information content (AvgIpc) is 3.44. The van der Waals surface area contributed by atoms with Gasteiger partial charge in [0.1, 0.15) is 0 Å². The zero-order valence-electron chi connectivity index (χ0n) is 17.7. The van der Waals surface area contributed by atoms with Gasteiger partial charge < -0.3 is 5.32 Å². The molecule has 0 aliphatic carbocycles. The molecule has 7 aromatic rings. The van der Waals surface area contributed by atoms with Gasteiger partial charge in [-0.2, -0.15) is 0 Å². The lowest BCUT2D eigenvalue weighted by molar-refractivity contribution is 1.57. The van der Waals surface area contributed by atoms with Gasteiger partial charge in [0, 0.05) is 41.1 Å². The van der Waals surface area contributed by atoms with Crippen molar-refractivity contribution in [2.45, 2.75) is 0 Å². The van der Waals surface area contributed by atoms with E-state index in [0.29, 0.717) is 0 Å². The lowest BCUT2D eigenvalue weighted by Crippen LogP contribution is -1.89. The predicted octanol–water partition coefficient (Wildman–Crippen LogP) is 9.83. The summed E-state index contributed by atoms with van der Waals surface area (Å²) in [4.78, 5) is 1.31. The number of rotatable bonds is 3. The van der Waals surface area contributed by atoms with Gasteiger partial charge in [-0.3, -0.25) is 0 Å². The molecule has 156 valence electrons. The van der Waals surface area contributed by atoms with Gasteiger partial charge in [0.15, 0.2) is 0 Å². The summed E-state index contributed by atoms with van der Waals surface area (Å²) in [5, 5.41) is 10.2. The van der Waals surface area contributed by atoms with Gasteiger partial charge in [-0.05, 0) is 70.3 Å². The van der Waals surface area contributed by atoms with Gasteiger partial charge in [-0.15, -0.1) is 22.7 Å². The van der Waals surface area contributed by atoms with Crippen LogP contribution >= 0.6 is 22.7 Å². The van der Waals surface area contributed by atoms with E-state index in [-0.39, 0.29) is 0 Å². The first kappa shape index (κ1) is 18.9. The van der Waals surface area contributed by atoms with Crippen molar-refractivity contribution in [2.24, 2.45) is 0 Å². The van der Waals surface area contributed by atoms with Crippen molar-refractivity contribution in [3.63, 3.8) is 0 Å². The molecule has 5 aromatic carbocycles. The Morgan fingerprint density at radius 3 is 1.97 bits per heavy atom. The highest BCUT2D eigenvalue weighted by Crippen LogP contribution is 2.38. The first-order chi connectivity index (χ1) is 16.3. The minimum absolute atomic E-state index is 1.10. The third-order valence-corrected chi connectivity index (χ3v) is 8.50. The summed E-state index contributed by atoms with van der Waals surface area (Å²) in [5.74, 6) is 0. The lowest BCUT2D eigenvalue weighted by Gasteiger charge is -2.07. The Bertz CT molecular complexity index is 1750. The second kappa shape index (κ2) is 7.45. The van der Waals surface area contributed by atoms with Crippen LogP contribution in [0, 0.1) is 0 Å². The maximum atomic E-state index is 3.59. The van der Waals surface area contributed by atoms with Crippen LogP contribution in [0.15, 0.2) is 109 Å². The minimum Gasteiger partial charge on any atom is -0.355 e. The van der Waals surface area contributed by atoms with E-state index in [1.807, 2.05) is 22.7 Å². The van der Waals surface area contributed by atoms with Crippen molar-refractivity contribution in [3.8, 4) is 10.4 Å². The highest BCUT2D eigenvalue weighted by Gasteiger charge is 2.08. The summed E-state index contributed by atoms with van der Waals surface area (Å²) in [6.07, 6.45) is 0. The van der Waals surface area contributed by atoms with Gasteiger partial charge in [0.05, 0.1) is 0 Å². The molecule has 0 fully saturated rings. The van der Waals surface area contributed by atoms with E-state index in [4.69, 9.17) is 0 Å². The van der Waals surface area contributed by atoms with Gasteiger partial charge in [-0.1, -0.05) is 60.7 Å². The van der Waals surface area contributed by atoms with Crippen molar-refractivity contribution in [3.05, 3.63) is 109 Å². The first-order valence-electron chi connectivity index (χ1n) is 11.0. The molecule has 0 saturated heterocycles. The van der Waals surface area contributed by atoms with Crippen molar-refractivity contribution in [2.75, 3.05) is 5.32 Å². The quantitative estimate of drug-likeness (QED) is 0.278. The Labute approximate surface area is 199 Å². The molecule has 3 heteroatoms. The van der Waals surface area contributed by atoms with Gasteiger partial charge >= 0.3 is 0 Å². The van der Waals surface area contributed by atoms with E-state index in [0.717, 1.165) is 11.4 Å². The number of benzene rings is 5. The Balaban J connectivity index is 1.20. The molecular formula is C30H19NS2. The normalized spacial score (nSPS) is 11.6. The van der Waals surface area contributed by atoms with Crippen LogP contribution in [0.25, 0.3) is 51.5 Å². The SMILES string of the molecule is c1ccc2cc3c(cc2c1)sc1cc(Nc2ccc(-c4cc5ccccc5s4)cc2)ccc13. The molecule has 1 nitrogen and oxygen atoms in total. The summed E-state index contributed by atoms with van der Waals surface area (Å²) >= 11 is 3.71. The van der Waals surface area contributed by atoms with Crippen LogP contribution in [0.2, 0.25) is 0 Å². The smallest absolute Gasteiger partial charge is 0.0398 e. The molecule has 0 saturated carbocycles. The average molecular weight is 458 g/mol. The molecular weight excluding hydrogens is 438 g/mol. The number of hydrogen-bond donors (Lipinski definition) is 1. The molecule has 2 heterocycles. The fraction of sp³-hybridized carbons (Fsp3) is 0. The van der Waals surface area contributed by atoms with Crippen LogP contribution in [0.1, 0.15) is 0 Å². The van der Waals surface area contributed by atoms with Crippen LogP contribution in [-0.2, 0) is 0 Å². The molecule has 0 radical (unpaired) electrons. The number of fused-ring (bicyclic) bond motifs is 5. The Hall–Kier alpha value is -3.66. The maximum Gasteiger partial charge on any atom is 0.0398 e. The van der Waals surface area contributed by atoms with Crippen molar-refractivity contribution in [1.29, 1.82) is 0 Å². The second-order valence-electron chi connectivity index (χ2n) is 8.36. The van der Waals surface area contributed by atoms with E-state index < -0.39 is 0 Å². The van der Waals surface area contributed by atoms with E-state index in [9.17, 15) is 0 Å². The fourth-order valence-electron chi connectivity index (χ4n) is 4.55. The predicted molar refractivity (Wildman–Crippen MR) is 147 cm³/mol. The van der Waals surface area contributed by atoms with E-state index >= 15 is 0 Å². The first-order valence-corrected chi connectivity index (χ1v) is 12.6. The summed E-state index contributed by atoms with van der Waals surface area (Å²) < 4.78 is 3.99. The monoisotopic (exact) mass is 457 g/mol. The molecule has 0 spiro atoms. The molecule has 0 amide bonds. The van der Waals surface area contributed by atoms with Crippen LogP contribution in [0.5, 0.6) is 0 Å². The van der Waals surface area contributed by atoms with Crippen LogP contribution in [0.4, 0.5) is 11.4 Å². The molecule has 1 N–H and O–H groups in total. The van der Waals surface area contributed by atoms with Crippen LogP contribution in [0.3, 0.4) is 0 Å². The van der Waals surface area contributed by atoms with E-state index in [1.54, 1.807) is 0 Å². The van der Waals surface area contributed by atoms with E-state index in [1.165, 1.54) is 51.5 Å². The van der Waals surface area contributed by atoms with Crippen molar-refractivity contribution < 1.29 is 0 Å². The zero-order valence-corrected chi connectivity index (χ0v) is 19.3. The van der Waals surface area contributed by atoms with Gasteiger partial charge in [0.25, 0.3) is 0 Å². The summed E-state index contributed by atoms with van der Waals surface area (Å²) in [7, 11) is 0. The summed E-state index contributed by atoms with van der Waals surface area (Å²) in [6, 6.07) is 39.5. The Kier molecular flexibility index (Phi) is 4.26. The highest BCUT2D eigenvalue weighted by molar-refractivity contribution is 7.26. The standard InChI is InChI=1S/C30H19NS2/c1-2-6-21-16-29-26(15-20(21)5-1)25-14-13-24(18-30(25)33-29)31-23-11-9-19(10-12-23)28-17-22-7-3-4-8-27(22)32-28/h1-18,31H. The molecule has 0 aliphatic rings. The molecule has 0 atom stereocenters. The fourth-order valence-corrected chi connectivity index (χ4v) is 6.79. The maximum absolute atomic E-state index is 3.59. The molecule has 2 aromatic heterocycles. The van der Waals surface area contributed by atoms with Gasteiger partial charge in [-0.25, -0.2) is 0 Å². The number of anilines is 2. The second-order valence-corrected chi connectivity index (χ2v) is 10.5. The molecule has 0 unspecified atom stereocenters. The van der Waals surface area contributed by atoms with Crippen LogP contribution in [-0.4, -0.2) is 0 Å². The lowest BCUT2D eigenvalue weighted by atomic mass is 10.1.